The fraction of sp³-hybridized carbons (Fsp3) is 0.276. The van der Waals surface area contributed by atoms with Crippen molar-refractivity contribution in [1.29, 1.82) is 0 Å². The summed E-state index contributed by atoms with van der Waals surface area (Å²) < 4.78 is 4.83. The zero-order valence-corrected chi connectivity index (χ0v) is 23.0. The molecule has 204 valence electrons. The third kappa shape index (κ3) is 7.02. The van der Waals surface area contributed by atoms with Gasteiger partial charge >= 0.3 is 5.97 Å². The number of rotatable bonds is 9. The minimum atomic E-state index is -1.14. The smallest absolute Gasteiger partial charge is 0.330 e. The van der Waals surface area contributed by atoms with E-state index in [0.717, 1.165) is 36.2 Å². The number of carbonyl (C=O) groups is 3. The summed E-state index contributed by atoms with van der Waals surface area (Å²) in [6, 6.07) is 17.4. The summed E-state index contributed by atoms with van der Waals surface area (Å²) in [4.78, 5) is 40.3. The van der Waals surface area contributed by atoms with Crippen molar-refractivity contribution in [3.05, 3.63) is 81.8 Å². The van der Waals surface area contributed by atoms with E-state index in [1.165, 1.54) is 12.7 Å². The van der Waals surface area contributed by atoms with Crippen LogP contribution in [-0.2, 0) is 20.7 Å². The van der Waals surface area contributed by atoms with Crippen LogP contribution >= 0.6 is 23.2 Å². The van der Waals surface area contributed by atoms with Crippen molar-refractivity contribution >= 4 is 52.4 Å². The number of halogens is 2. The SMILES string of the molecule is COC(=O)[C@H](CNC(=O)CCN1CCCc2ccc(N)cc21)NC(=O)c1c(Cl)cc(-c2ccccc2)cc1Cl. The van der Waals surface area contributed by atoms with Crippen LogP contribution in [0, 0.1) is 0 Å². The van der Waals surface area contributed by atoms with E-state index in [1.54, 1.807) is 12.1 Å². The highest BCUT2D eigenvalue weighted by atomic mass is 35.5. The Morgan fingerprint density at radius 1 is 1.03 bits per heavy atom. The molecule has 3 aromatic carbocycles. The molecule has 0 fully saturated rings. The molecule has 3 aromatic rings. The largest absolute Gasteiger partial charge is 0.467 e. The van der Waals surface area contributed by atoms with Gasteiger partial charge in [0.2, 0.25) is 5.91 Å². The highest BCUT2D eigenvalue weighted by molar-refractivity contribution is 6.40. The summed E-state index contributed by atoms with van der Waals surface area (Å²) in [5, 5.41) is 5.57. The van der Waals surface area contributed by atoms with Crippen molar-refractivity contribution < 1.29 is 19.1 Å². The van der Waals surface area contributed by atoms with E-state index in [2.05, 4.69) is 15.5 Å². The molecule has 1 atom stereocenters. The maximum Gasteiger partial charge on any atom is 0.330 e. The highest BCUT2D eigenvalue weighted by Gasteiger charge is 2.26. The standard InChI is InChI=1S/C29H30Cl2N4O4/c1-39-29(38)24(17-33-26(36)11-13-35-12-5-8-19-9-10-21(32)16-25(19)35)34-28(37)27-22(30)14-20(15-23(27)31)18-6-3-2-4-7-18/h2-4,6-7,9-10,14-16,24H,5,8,11-13,17,32H2,1H3,(H,33,36)(H,34,37)/t24-/m0/s1. The molecule has 1 aliphatic heterocycles. The molecular weight excluding hydrogens is 539 g/mol. The molecule has 0 unspecified atom stereocenters. The Balaban J connectivity index is 1.37. The predicted octanol–water partition coefficient (Wildman–Crippen LogP) is 4.47. The first kappa shape index (κ1) is 28.3. The normalized spacial score (nSPS) is 13.3. The molecule has 2 amide bonds. The molecule has 8 nitrogen and oxygen atoms in total. The van der Waals surface area contributed by atoms with Crippen LogP contribution in [0.5, 0.6) is 0 Å². The number of aryl methyl sites for hydroxylation is 1. The van der Waals surface area contributed by atoms with E-state index >= 15 is 0 Å². The summed E-state index contributed by atoms with van der Waals surface area (Å²) in [6.45, 7) is 1.17. The van der Waals surface area contributed by atoms with E-state index < -0.39 is 17.9 Å². The van der Waals surface area contributed by atoms with Gasteiger partial charge in [0, 0.05) is 37.4 Å². The van der Waals surface area contributed by atoms with Gasteiger partial charge in [-0.3, -0.25) is 9.59 Å². The summed E-state index contributed by atoms with van der Waals surface area (Å²) in [5.74, 6) is -1.63. The summed E-state index contributed by atoms with van der Waals surface area (Å²) >= 11 is 12.8. The molecule has 0 aliphatic carbocycles. The van der Waals surface area contributed by atoms with Gasteiger partial charge in [0.25, 0.3) is 5.91 Å². The Morgan fingerprint density at radius 2 is 1.74 bits per heavy atom. The van der Waals surface area contributed by atoms with Gasteiger partial charge in [0.15, 0.2) is 0 Å². The Bertz CT molecular complexity index is 1340. The van der Waals surface area contributed by atoms with Crippen LogP contribution in [0.3, 0.4) is 0 Å². The number of methoxy groups -OCH3 is 1. The van der Waals surface area contributed by atoms with Crippen molar-refractivity contribution in [3.8, 4) is 11.1 Å². The average Bonchev–Trinajstić information content (AvgIpc) is 2.93. The Labute approximate surface area is 237 Å². The predicted molar refractivity (Wildman–Crippen MR) is 154 cm³/mol. The second-order valence-corrected chi connectivity index (χ2v) is 10.1. The molecule has 1 heterocycles. The third-order valence-corrected chi connectivity index (χ3v) is 7.20. The number of hydrogen-bond donors (Lipinski definition) is 3. The zero-order chi connectivity index (χ0) is 27.9. The highest BCUT2D eigenvalue weighted by Crippen LogP contribution is 2.32. The number of anilines is 2. The van der Waals surface area contributed by atoms with Crippen LogP contribution < -0.4 is 21.3 Å². The molecule has 4 N–H and O–H groups in total. The number of nitrogen functional groups attached to an aromatic ring is 1. The Hall–Kier alpha value is -3.75. The minimum Gasteiger partial charge on any atom is -0.467 e. The minimum absolute atomic E-state index is 0.0290. The first-order valence-corrected chi connectivity index (χ1v) is 13.4. The van der Waals surface area contributed by atoms with Crippen molar-refractivity contribution in [3.63, 3.8) is 0 Å². The monoisotopic (exact) mass is 568 g/mol. The number of benzene rings is 3. The van der Waals surface area contributed by atoms with Gasteiger partial charge in [-0.1, -0.05) is 59.6 Å². The number of fused-ring (bicyclic) bond motifs is 1. The van der Waals surface area contributed by atoms with E-state index in [0.29, 0.717) is 12.2 Å². The van der Waals surface area contributed by atoms with Crippen LogP contribution in [0.4, 0.5) is 11.4 Å². The van der Waals surface area contributed by atoms with Gasteiger partial charge in [-0.15, -0.1) is 0 Å². The molecule has 1 aliphatic rings. The van der Waals surface area contributed by atoms with E-state index in [1.807, 2.05) is 48.5 Å². The van der Waals surface area contributed by atoms with Crippen molar-refractivity contribution in [2.75, 3.05) is 37.4 Å². The van der Waals surface area contributed by atoms with E-state index in [4.69, 9.17) is 33.7 Å². The number of amides is 2. The molecule has 0 bridgehead atoms. The number of carbonyl (C=O) groups excluding carboxylic acids is 3. The van der Waals surface area contributed by atoms with Crippen LogP contribution in [0.25, 0.3) is 11.1 Å². The lowest BCUT2D eigenvalue weighted by atomic mass is 10.0. The number of nitrogens with one attached hydrogen (secondary N) is 2. The summed E-state index contributed by atoms with van der Waals surface area (Å²) in [5.41, 5.74) is 10.5. The number of hydrogen-bond acceptors (Lipinski definition) is 6. The van der Waals surface area contributed by atoms with E-state index in [-0.39, 0.29) is 34.5 Å². The molecule has 0 spiro atoms. The lowest BCUT2D eigenvalue weighted by molar-refractivity contribution is -0.142. The van der Waals surface area contributed by atoms with Crippen molar-refractivity contribution in [1.82, 2.24) is 10.6 Å². The van der Waals surface area contributed by atoms with E-state index in [9.17, 15) is 14.4 Å². The molecule has 0 radical (unpaired) electrons. The quantitative estimate of drug-likeness (QED) is 0.259. The lowest BCUT2D eigenvalue weighted by Gasteiger charge is -2.31. The summed E-state index contributed by atoms with van der Waals surface area (Å²) in [6.07, 6.45) is 2.17. The maximum atomic E-state index is 13.1. The van der Waals surface area contributed by atoms with Crippen molar-refractivity contribution in [2.24, 2.45) is 0 Å². The van der Waals surface area contributed by atoms with Crippen LogP contribution in [-0.4, -0.2) is 50.6 Å². The molecule has 4 rings (SSSR count). The number of ether oxygens (including phenoxy) is 1. The topological polar surface area (TPSA) is 114 Å². The molecule has 0 saturated carbocycles. The Kier molecular flexibility index (Phi) is 9.32. The molecule has 10 heteroatoms. The number of nitrogens with two attached hydrogens (primary N) is 1. The second kappa shape index (κ2) is 12.9. The van der Waals surface area contributed by atoms with Gasteiger partial charge in [0.05, 0.1) is 22.7 Å². The fourth-order valence-corrected chi connectivity index (χ4v) is 5.25. The van der Waals surface area contributed by atoms with Gasteiger partial charge in [-0.25, -0.2) is 4.79 Å². The van der Waals surface area contributed by atoms with Crippen LogP contribution in [0.1, 0.15) is 28.8 Å². The van der Waals surface area contributed by atoms with Crippen LogP contribution in [0.15, 0.2) is 60.7 Å². The molecule has 39 heavy (non-hydrogen) atoms. The van der Waals surface area contributed by atoms with Gasteiger partial charge in [-0.05, 0) is 53.8 Å². The summed E-state index contributed by atoms with van der Waals surface area (Å²) in [7, 11) is 1.21. The molecule has 0 aromatic heterocycles. The fourth-order valence-electron chi connectivity index (χ4n) is 4.59. The van der Waals surface area contributed by atoms with Crippen molar-refractivity contribution in [2.45, 2.75) is 25.3 Å². The van der Waals surface area contributed by atoms with Crippen LogP contribution in [0.2, 0.25) is 10.0 Å². The lowest BCUT2D eigenvalue weighted by Crippen LogP contribution is -2.49. The number of nitrogens with zero attached hydrogens (tertiary/aromatic N) is 1. The first-order chi connectivity index (χ1) is 18.8. The Morgan fingerprint density at radius 3 is 2.44 bits per heavy atom. The number of esters is 1. The third-order valence-electron chi connectivity index (χ3n) is 6.60. The first-order valence-electron chi connectivity index (χ1n) is 12.6. The second-order valence-electron chi connectivity index (χ2n) is 9.26. The molecular formula is C29H30Cl2N4O4. The van der Waals surface area contributed by atoms with Gasteiger partial charge in [-0.2, -0.15) is 0 Å². The van der Waals surface area contributed by atoms with Gasteiger partial charge in [0.1, 0.15) is 6.04 Å². The van der Waals surface area contributed by atoms with Gasteiger partial charge < -0.3 is 26.0 Å². The molecule has 0 saturated heterocycles. The average molecular weight is 569 g/mol. The zero-order valence-electron chi connectivity index (χ0n) is 21.5. The maximum absolute atomic E-state index is 13.1.